The van der Waals surface area contributed by atoms with Crippen LogP contribution >= 0.6 is 11.3 Å². The smallest absolute Gasteiger partial charge is 0.191 e. The molecule has 1 N–H and O–H groups in total. The highest BCUT2D eigenvalue weighted by atomic mass is 32.1. The molecule has 0 spiro atoms. The molecule has 1 aliphatic rings. The molecule has 3 rings (SSSR count). The van der Waals surface area contributed by atoms with Crippen LogP contribution in [0.5, 0.6) is 0 Å². The van der Waals surface area contributed by atoms with Crippen molar-refractivity contribution >= 4 is 11.3 Å². The van der Waals surface area contributed by atoms with Crippen LogP contribution in [-0.4, -0.2) is 15.2 Å². The van der Waals surface area contributed by atoms with Gasteiger partial charge in [-0.3, -0.25) is 5.10 Å². The minimum atomic E-state index is 0.599. The molecule has 1 saturated carbocycles. The van der Waals surface area contributed by atoms with Crippen LogP contribution in [0.15, 0.2) is 6.07 Å². The third kappa shape index (κ3) is 2.21. The normalized spacial score (nSPS) is 17.2. The van der Waals surface area contributed by atoms with Gasteiger partial charge in [0.1, 0.15) is 5.82 Å². The van der Waals surface area contributed by atoms with Crippen LogP contribution < -0.4 is 0 Å². The summed E-state index contributed by atoms with van der Waals surface area (Å²) in [5, 5.41) is 7.54. The van der Waals surface area contributed by atoms with Gasteiger partial charge >= 0.3 is 0 Å². The number of rotatable bonds is 2. The Bertz CT molecular complexity index is 515. The van der Waals surface area contributed by atoms with Crippen molar-refractivity contribution in [1.29, 1.82) is 0 Å². The molecular formula is C14H19N3S. The molecule has 0 bridgehead atoms. The van der Waals surface area contributed by atoms with Crippen LogP contribution in [0.4, 0.5) is 0 Å². The SMILES string of the molecule is Cc1cc(-c2n[nH]c(C3CCCCC3)n2)sc1C. The Morgan fingerprint density at radius 1 is 1.22 bits per heavy atom. The molecule has 0 aliphatic heterocycles. The number of aryl methyl sites for hydroxylation is 2. The minimum Gasteiger partial charge on any atom is -0.262 e. The molecule has 18 heavy (non-hydrogen) atoms. The van der Waals surface area contributed by atoms with Gasteiger partial charge in [0, 0.05) is 10.8 Å². The van der Waals surface area contributed by atoms with E-state index in [9.17, 15) is 0 Å². The summed E-state index contributed by atoms with van der Waals surface area (Å²) in [7, 11) is 0. The van der Waals surface area contributed by atoms with Gasteiger partial charge in [-0.05, 0) is 38.3 Å². The first-order chi connectivity index (χ1) is 8.74. The van der Waals surface area contributed by atoms with Crippen LogP contribution in [0.3, 0.4) is 0 Å². The van der Waals surface area contributed by atoms with E-state index in [0.717, 1.165) is 11.6 Å². The fourth-order valence-corrected chi connectivity index (χ4v) is 3.59. The van der Waals surface area contributed by atoms with E-state index in [0.29, 0.717) is 5.92 Å². The number of aromatic amines is 1. The second-order valence-corrected chi connectivity index (χ2v) is 6.49. The summed E-state index contributed by atoms with van der Waals surface area (Å²) in [6.07, 6.45) is 6.56. The summed E-state index contributed by atoms with van der Waals surface area (Å²) in [5.74, 6) is 2.56. The van der Waals surface area contributed by atoms with Gasteiger partial charge in [-0.15, -0.1) is 11.3 Å². The third-order valence-electron chi connectivity index (χ3n) is 3.88. The highest BCUT2D eigenvalue weighted by Crippen LogP contribution is 2.33. The van der Waals surface area contributed by atoms with E-state index in [1.807, 2.05) is 0 Å². The maximum Gasteiger partial charge on any atom is 0.191 e. The first-order valence-electron chi connectivity index (χ1n) is 6.74. The lowest BCUT2D eigenvalue weighted by Crippen LogP contribution is -2.06. The van der Waals surface area contributed by atoms with Crippen molar-refractivity contribution in [3.05, 3.63) is 22.3 Å². The lowest BCUT2D eigenvalue weighted by atomic mass is 9.89. The summed E-state index contributed by atoms with van der Waals surface area (Å²) < 4.78 is 0. The number of nitrogens with zero attached hydrogens (tertiary/aromatic N) is 2. The Morgan fingerprint density at radius 2 is 2.00 bits per heavy atom. The number of hydrogen-bond acceptors (Lipinski definition) is 3. The molecule has 3 nitrogen and oxygen atoms in total. The van der Waals surface area contributed by atoms with Gasteiger partial charge in [0.15, 0.2) is 5.82 Å². The summed E-state index contributed by atoms with van der Waals surface area (Å²) >= 11 is 1.78. The van der Waals surface area contributed by atoms with Crippen molar-refractivity contribution in [2.45, 2.75) is 51.9 Å². The zero-order valence-electron chi connectivity index (χ0n) is 11.0. The Hall–Kier alpha value is -1.16. The first-order valence-corrected chi connectivity index (χ1v) is 7.55. The molecule has 0 radical (unpaired) electrons. The fraction of sp³-hybridized carbons (Fsp3) is 0.571. The van der Waals surface area contributed by atoms with Gasteiger partial charge in [0.2, 0.25) is 0 Å². The highest BCUT2D eigenvalue weighted by molar-refractivity contribution is 7.15. The van der Waals surface area contributed by atoms with Crippen molar-refractivity contribution in [2.75, 3.05) is 0 Å². The number of thiophene rings is 1. The average Bonchev–Trinajstić information content (AvgIpc) is 2.99. The largest absolute Gasteiger partial charge is 0.262 e. The molecule has 0 aromatic carbocycles. The Kier molecular flexibility index (Phi) is 3.20. The Labute approximate surface area is 112 Å². The molecule has 0 saturated heterocycles. The second kappa shape index (κ2) is 4.84. The highest BCUT2D eigenvalue weighted by Gasteiger charge is 2.20. The van der Waals surface area contributed by atoms with Crippen LogP contribution in [0, 0.1) is 13.8 Å². The number of hydrogen-bond donors (Lipinski definition) is 1. The Morgan fingerprint density at radius 3 is 2.67 bits per heavy atom. The second-order valence-electron chi connectivity index (χ2n) is 5.23. The van der Waals surface area contributed by atoms with Gasteiger partial charge in [0.25, 0.3) is 0 Å². The summed E-state index contributed by atoms with van der Waals surface area (Å²) in [4.78, 5) is 7.24. The third-order valence-corrected chi connectivity index (χ3v) is 5.03. The number of nitrogens with one attached hydrogen (secondary N) is 1. The molecule has 96 valence electrons. The monoisotopic (exact) mass is 261 g/mol. The predicted molar refractivity (Wildman–Crippen MR) is 75.0 cm³/mol. The van der Waals surface area contributed by atoms with Crippen molar-refractivity contribution in [2.24, 2.45) is 0 Å². The van der Waals surface area contributed by atoms with Crippen molar-refractivity contribution in [1.82, 2.24) is 15.2 Å². The lowest BCUT2D eigenvalue weighted by Gasteiger charge is -2.18. The maximum atomic E-state index is 4.70. The lowest BCUT2D eigenvalue weighted by molar-refractivity contribution is 0.429. The standard InChI is InChI=1S/C14H19N3S/c1-9-8-12(18-10(9)2)14-15-13(16-17-14)11-6-4-3-5-7-11/h8,11H,3-7H2,1-2H3,(H,15,16,17). The fourth-order valence-electron chi connectivity index (χ4n) is 2.63. The van der Waals surface area contributed by atoms with Crippen LogP contribution in [0.25, 0.3) is 10.7 Å². The van der Waals surface area contributed by atoms with Crippen LogP contribution in [-0.2, 0) is 0 Å². The van der Waals surface area contributed by atoms with E-state index in [4.69, 9.17) is 4.98 Å². The quantitative estimate of drug-likeness (QED) is 0.880. The molecule has 1 fully saturated rings. The average molecular weight is 261 g/mol. The minimum absolute atomic E-state index is 0.599. The van der Waals surface area contributed by atoms with E-state index in [1.54, 1.807) is 11.3 Å². The van der Waals surface area contributed by atoms with E-state index in [2.05, 4.69) is 30.1 Å². The number of aromatic nitrogens is 3. The molecular weight excluding hydrogens is 242 g/mol. The summed E-state index contributed by atoms with van der Waals surface area (Å²) in [5.41, 5.74) is 1.33. The van der Waals surface area contributed by atoms with Crippen molar-refractivity contribution in [3.8, 4) is 10.7 Å². The molecule has 2 heterocycles. The van der Waals surface area contributed by atoms with E-state index < -0.39 is 0 Å². The van der Waals surface area contributed by atoms with Crippen LogP contribution in [0.1, 0.15) is 54.3 Å². The number of H-pyrrole nitrogens is 1. The Balaban J connectivity index is 1.84. The van der Waals surface area contributed by atoms with Gasteiger partial charge in [-0.1, -0.05) is 19.3 Å². The molecule has 4 heteroatoms. The van der Waals surface area contributed by atoms with E-state index in [-0.39, 0.29) is 0 Å². The van der Waals surface area contributed by atoms with Gasteiger partial charge in [0.05, 0.1) is 4.88 Å². The predicted octanol–water partition coefficient (Wildman–Crippen LogP) is 4.20. The summed E-state index contributed by atoms with van der Waals surface area (Å²) in [6.45, 7) is 4.29. The maximum absolute atomic E-state index is 4.70. The molecule has 0 atom stereocenters. The molecule has 2 aromatic heterocycles. The van der Waals surface area contributed by atoms with Crippen LogP contribution in [0.2, 0.25) is 0 Å². The van der Waals surface area contributed by atoms with Crippen molar-refractivity contribution < 1.29 is 0 Å². The van der Waals surface area contributed by atoms with Crippen molar-refractivity contribution in [3.63, 3.8) is 0 Å². The van der Waals surface area contributed by atoms with E-state index >= 15 is 0 Å². The van der Waals surface area contributed by atoms with Gasteiger partial charge in [-0.2, -0.15) is 5.10 Å². The molecule has 2 aromatic rings. The zero-order valence-corrected chi connectivity index (χ0v) is 11.8. The first kappa shape index (κ1) is 11.9. The van der Waals surface area contributed by atoms with Gasteiger partial charge < -0.3 is 0 Å². The topological polar surface area (TPSA) is 41.6 Å². The van der Waals surface area contributed by atoms with Gasteiger partial charge in [-0.25, -0.2) is 4.98 Å². The summed E-state index contributed by atoms with van der Waals surface area (Å²) in [6, 6.07) is 2.19. The molecule has 0 unspecified atom stereocenters. The van der Waals surface area contributed by atoms with E-state index in [1.165, 1.54) is 47.4 Å². The molecule has 1 aliphatic carbocycles. The zero-order chi connectivity index (χ0) is 12.5. The molecule has 0 amide bonds.